The van der Waals surface area contributed by atoms with Crippen LogP contribution in [0, 0.1) is 0 Å². The zero-order valence-electron chi connectivity index (χ0n) is 10.9. The first kappa shape index (κ1) is 11.5. The van der Waals surface area contributed by atoms with Crippen LogP contribution in [-0.2, 0) is 0 Å². The third-order valence-electron chi connectivity index (χ3n) is 3.77. The number of fused-ring (bicyclic) bond motifs is 1. The lowest BCUT2D eigenvalue weighted by atomic mass is 10.0. The first-order valence-corrected chi connectivity index (χ1v) is 6.45. The van der Waals surface area contributed by atoms with Crippen molar-refractivity contribution in [3.8, 4) is 0 Å². The monoisotopic (exact) mass is 245 g/mol. The Kier molecular flexibility index (Phi) is 2.91. The van der Waals surface area contributed by atoms with Crippen molar-refractivity contribution in [3.05, 3.63) is 18.5 Å². The third-order valence-corrected chi connectivity index (χ3v) is 3.77. The number of rotatable bonds is 2. The number of nitrogens with zero attached hydrogens (tertiary/aromatic N) is 4. The van der Waals surface area contributed by atoms with Crippen LogP contribution in [0.25, 0.3) is 10.9 Å². The number of hydrogen-bond donors (Lipinski definition) is 1. The molecule has 0 saturated carbocycles. The van der Waals surface area contributed by atoms with Gasteiger partial charge in [-0.05, 0) is 33.0 Å². The summed E-state index contributed by atoms with van der Waals surface area (Å²) in [4.78, 5) is 8.87. The zero-order chi connectivity index (χ0) is 12.5. The Bertz CT molecular complexity index is 533. The molecule has 1 fully saturated rings. The van der Waals surface area contributed by atoms with Gasteiger partial charge in [-0.15, -0.1) is 0 Å². The fourth-order valence-corrected chi connectivity index (χ4v) is 2.65. The molecule has 0 aliphatic carbocycles. The maximum atomic E-state index is 4.46. The van der Waals surface area contributed by atoms with Crippen molar-refractivity contribution in [1.82, 2.24) is 20.1 Å². The second kappa shape index (κ2) is 4.57. The number of piperidine rings is 1. The molecule has 1 atom stereocenters. The van der Waals surface area contributed by atoms with Crippen LogP contribution in [0.15, 0.2) is 18.5 Å². The Morgan fingerprint density at radius 1 is 1.44 bits per heavy atom. The predicted molar refractivity (Wildman–Crippen MR) is 72.8 cm³/mol. The molecule has 0 bridgehead atoms. The SMILES string of the molecule is CN(C)C1CCCN(c2n[nH]c3ccncc23)C1. The van der Waals surface area contributed by atoms with Gasteiger partial charge in [0.2, 0.25) is 0 Å². The van der Waals surface area contributed by atoms with Crippen LogP contribution < -0.4 is 4.90 Å². The van der Waals surface area contributed by atoms with E-state index >= 15 is 0 Å². The average Bonchev–Trinajstić information content (AvgIpc) is 2.82. The van der Waals surface area contributed by atoms with Crippen molar-refractivity contribution in [2.45, 2.75) is 18.9 Å². The number of anilines is 1. The number of nitrogens with one attached hydrogen (secondary N) is 1. The molecule has 1 aliphatic heterocycles. The Morgan fingerprint density at radius 2 is 2.33 bits per heavy atom. The van der Waals surface area contributed by atoms with E-state index < -0.39 is 0 Å². The van der Waals surface area contributed by atoms with Crippen LogP contribution >= 0.6 is 0 Å². The lowest BCUT2D eigenvalue weighted by Gasteiger charge is -2.36. The van der Waals surface area contributed by atoms with E-state index in [0.717, 1.165) is 29.8 Å². The molecule has 3 heterocycles. The summed E-state index contributed by atoms with van der Waals surface area (Å²) in [5.74, 6) is 1.05. The zero-order valence-corrected chi connectivity index (χ0v) is 10.9. The largest absolute Gasteiger partial charge is 0.353 e. The van der Waals surface area contributed by atoms with Gasteiger partial charge >= 0.3 is 0 Å². The fourth-order valence-electron chi connectivity index (χ4n) is 2.65. The fraction of sp³-hybridized carbons (Fsp3) is 0.538. The highest BCUT2D eigenvalue weighted by atomic mass is 15.3. The van der Waals surface area contributed by atoms with Gasteiger partial charge in [-0.25, -0.2) is 0 Å². The topological polar surface area (TPSA) is 48.0 Å². The van der Waals surface area contributed by atoms with Crippen LogP contribution in [0.1, 0.15) is 12.8 Å². The van der Waals surface area contributed by atoms with Gasteiger partial charge in [0, 0.05) is 31.5 Å². The van der Waals surface area contributed by atoms with Crippen molar-refractivity contribution in [1.29, 1.82) is 0 Å². The van der Waals surface area contributed by atoms with Crippen molar-refractivity contribution < 1.29 is 0 Å². The van der Waals surface area contributed by atoms with Crippen molar-refractivity contribution >= 4 is 16.7 Å². The van der Waals surface area contributed by atoms with Crippen LogP contribution in [0.5, 0.6) is 0 Å². The molecule has 1 saturated heterocycles. The lowest BCUT2D eigenvalue weighted by molar-refractivity contribution is 0.257. The van der Waals surface area contributed by atoms with Crippen molar-refractivity contribution in [3.63, 3.8) is 0 Å². The van der Waals surface area contributed by atoms with E-state index in [4.69, 9.17) is 0 Å². The number of hydrogen-bond acceptors (Lipinski definition) is 4. The molecule has 5 heteroatoms. The van der Waals surface area contributed by atoms with Gasteiger partial charge in [-0.3, -0.25) is 10.1 Å². The number of aromatic nitrogens is 3. The molecular formula is C13H19N5. The van der Waals surface area contributed by atoms with E-state index in [0.29, 0.717) is 6.04 Å². The number of pyridine rings is 1. The maximum Gasteiger partial charge on any atom is 0.159 e. The third kappa shape index (κ3) is 1.95. The van der Waals surface area contributed by atoms with Crippen LogP contribution in [-0.4, -0.2) is 53.3 Å². The van der Waals surface area contributed by atoms with E-state index in [2.05, 4.69) is 39.1 Å². The lowest BCUT2D eigenvalue weighted by Crippen LogP contribution is -2.45. The molecule has 18 heavy (non-hydrogen) atoms. The second-order valence-electron chi connectivity index (χ2n) is 5.17. The molecule has 5 nitrogen and oxygen atoms in total. The molecule has 3 rings (SSSR count). The summed E-state index contributed by atoms with van der Waals surface area (Å²) in [7, 11) is 4.30. The van der Waals surface area contributed by atoms with Gasteiger partial charge in [-0.2, -0.15) is 5.10 Å². The van der Waals surface area contributed by atoms with E-state index in [9.17, 15) is 0 Å². The molecule has 2 aromatic rings. The molecule has 0 spiro atoms. The summed E-state index contributed by atoms with van der Waals surface area (Å²) in [5, 5.41) is 8.66. The molecule has 1 unspecified atom stereocenters. The van der Waals surface area contributed by atoms with Crippen LogP contribution in [0.4, 0.5) is 5.82 Å². The van der Waals surface area contributed by atoms with Gasteiger partial charge in [0.05, 0.1) is 10.9 Å². The second-order valence-corrected chi connectivity index (χ2v) is 5.17. The molecule has 0 radical (unpaired) electrons. The Balaban J connectivity index is 1.90. The minimum absolute atomic E-state index is 0.613. The highest BCUT2D eigenvalue weighted by Crippen LogP contribution is 2.26. The van der Waals surface area contributed by atoms with Crippen LogP contribution in [0.2, 0.25) is 0 Å². The molecule has 1 aliphatic rings. The van der Waals surface area contributed by atoms with Crippen molar-refractivity contribution in [2.75, 3.05) is 32.1 Å². The van der Waals surface area contributed by atoms with Gasteiger partial charge < -0.3 is 9.80 Å². The average molecular weight is 245 g/mol. The summed E-state index contributed by atoms with van der Waals surface area (Å²) in [6.07, 6.45) is 6.18. The smallest absolute Gasteiger partial charge is 0.159 e. The van der Waals surface area contributed by atoms with Gasteiger partial charge in [-0.1, -0.05) is 0 Å². The number of aromatic amines is 1. The van der Waals surface area contributed by atoms with Crippen LogP contribution in [0.3, 0.4) is 0 Å². The summed E-state index contributed by atoms with van der Waals surface area (Å²) < 4.78 is 0. The maximum absolute atomic E-state index is 4.46. The van der Waals surface area contributed by atoms with Crippen molar-refractivity contribution in [2.24, 2.45) is 0 Å². The predicted octanol–water partition coefficient (Wildman–Crippen LogP) is 1.49. The van der Waals surface area contributed by atoms with Gasteiger partial charge in [0.15, 0.2) is 5.82 Å². The van der Waals surface area contributed by atoms with E-state index in [1.165, 1.54) is 12.8 Å². The minimum atomic E-state index is 0.613. The minimum Gasteiger partial charge on any atom is -0.353 e. The molecule has 2 aromatic heterocycles. The highest BCUT2D eigenvalue weighted by molar-refractivity contribution is 5.89. The quantitative estimate of drug-likeness (QED) is 0.871. The Labute approximate surface area is 107 Å². The molecule has 0 aromatic carbocycles. The Morgan fingerprint density at radius 3 is 3.17 bits per heavy atom. The molecular weight excluding hydrogens is 226 g/mol. The summed E-state index contributed by atoms with van der Waals surface area (Å²) in [5.41, 5.74) is 1.06. The first-order valence-electron chi connectivity index (χ1n) is 6.45. The molecule has 1 N–H and O–H groups in total. The van der Waals surface area contributed by atoms with Gasteiger partial charge in [0.25, 0.3) is 0 Å². The standard InChI is InChI=1S/C13H19N5/c1-17(2)10-4-3-7-18(9-10)13-11-8-14-6-5-12(11)15-16-13/h5-6,8,10H,3-4,7,9H2,1-2H3,(H,15,16). The summed E-state index contributed by atoms with van der Waals surface area (Å²) >= 11 is 0. The van der Waals surface area contributed by atoms with E-state index in [1.807, 2.05) is 12.3 Å². The van der Waals surface area contributed by atoms with E-state index in [-0.39, 0.29) is 0 Å². The number of likely N-dealkylation sites (N-methyl/N-ethyl adjacent to an activating group) is 1. The number of H-pyrrole nitrogens is 1. The molecule has 0 amide bonds. The normalized spacial score (nSPS) is 20.8. The highest BCUT2D eigenvalue weighted by Gasteiger charge is 2.24. The first-order chi connectivity index (χ1) is 8.75. The summed E-state index contributed by atoms with van der Waals surface area (Å²) in [6.45, 7) is 2.13. The van der Waals surface area contributed by atoms with Gasteiger partial charge in [0.1, 0.15) is 0 Å². The summed E-state index contributed by atoms with van der Waals surface area (Å²) in [6, 6.07) is 2.58. The van der Waals surface area contributed by atoms with E-state index in [1.54, 1.807) is 6.20 Å². The molecule has 96 valence electrons. The Hall–Kier alpha value is -1.62.